The second-order valence-electron chi connectivity index (χ2n) is 7.27. The van der Waals surface area contributed by atoms with Gasteiger partial charge in [0.05, 0.1) is 0 Å². The van der Waals surface area contributed by atoms with Gasteiger partial charge in [0.2, 0.25) is 0 Å². The molecule has 0 bridgehead atoms. The molecule has 0 spiro atoms. The quantitative estimate of drug-likeness (QED) is 0.581. The molecule has 1 amide bonds. The van der Waals surface area contributed by atoms with Gasteiger partial charge in [-0.1, -0.05) is 60.7 Å². The van der Waals surface area contributed by atoms with Crippen LogP contribution in [0.15, 0.2) is 72.8 Å². The minimum absolute atomic E-state index is 0.0575. The smallest absolute Gasteiger partial charge is 0.407 e. The topological polar surface area (TPSA) is 78.8 Å². The highest BCUT2D eigenvalue weighted by Gasteiger charge is 2.29. The summed E-state index contributed by atoms with van der Waals surface area (Å²) in [5.74, 6) is -0.491. The summed E-state index contributed by atoms with van der Waals surface area (Å²) in [5.41, 5.74) is 4.86. The largest absolute Gasteiger partial charge is 0.449 e. The van der Waals surface area contributed by atoms with Crippen LogP contribution >= 0.6 is 0 Å². The van der Waals surface area contributed by atoms with Crippen molar-refractivity contribution in [2.45, 2.75) is 18.1 Å². The van der Waals surface area contributed by atoms with Crippen molar-refractivity contribution < 1.29 is 24.1 Å². The van der Waals surface area contributed by atoms with Crippen LogP contribution < -0.4 is 5.32 Å². The van der Waals surface area contributed by atoms with Gasteiger partial charge in [0.1, 0.15) is 24.6 Å². The summed E-state index contributed by atoms with van der Waals surface area (Å²) in [4.78, 5) is 12.2. The SMILES string of the molecule is O=C(NCC(O)C(O)c1ccc(F)cc1)OCC1c2ccccc2-c2ccccc21. The zero-order chi connectivity index (χ0) is 21.1. The summed E-state index contributed by atoms with van der Waals surface area (Å²) in [6.45, 7) is -0.0360. The van der Waals surface area contributed by atoms with E-state index < -0.39 is 24.1 Å². The van der Waals surface area contributed by atoms with Gasteiger partial charge in [0.25, 0.3) is 0 Å². The highest BCUT2D eigenvalue weighted by Crippen LogP contribution is 2.44. The second kappa shape index (κ2) is 8.65. The standard InChI is InChI=1S/C24H22FNO4/c25-16-11-9-15(10-12-16)23(28)22(27)13-26-24(29)30-14-21-19-7-3-1-5-17(19)18-6-2-4-8-20(18)21/h1-12,21-23,27-28H,13-14H2,(H,26,29). The van der Waals surface area contributed by atoms with E-state index in [-0.39, 0.29) is 19.1 Å². The number of hydrogen-bond acceptors (Lipinski definition) is 4. The Labute approximate surface area is 173 Å². The molecule has 30 heavy (non-hydrogen) atoms. The van der Waals surface area contributed by atoms with Crippen LogP contribution in [0.2, 0.25) is 0 Å². The Morgan fingerprint density at radius 3 is 2.10 bits per heavy atom. The lowest BCUT2D eigenvalue weighted by Gasteiger charge is -2.19. The molecule has 2 unspecified atom stereocenters. The molecule has 0 saturated carbocycles. The molecular formula is C24H22FNO4. The molecule has 0 fully saturated rings. The Hall–Kier alpha value is -3.22. The maximum absolute atomic E-state index is 13.0. The third-order valence-electron chi connectivity index (χ3n) is 5.38. The molecule has 1 aliphatic rings. The fourth-order valence-electron chi connectivity index (χ4n) is 3.83. The molecule has 4 rings (SSSR count). The minimum atomic E-state index is -1.25. The van der Waals surface area contributed by atoms with Crippen LogP contribution in [0.1, 0.15) is 28.7 Å². The Morgan fingerprint density at radius 2 is 1.50 bits per heavy atom. The van der Waals surface area contributed by atoms with Crippen molar-refractivity contribution in [1.29, 1.82) is 0 Å². The van der Waals surface area contributed by atoms with E-state index in [9.17, 15) is 19.4 Å². The second-order valence-corrected chi connectivity index (χ2v) is 7.27. The fraction of sp³-hybridized carbons (Fsp3) is 0.208. The minimum Gasteiger partial charge on any atom is -0.449 e. The fourth-order valence-corrected chi connectivity index (χ4v) is 3.83. The summed E-state index contributed by atoms with van der Waals surface area (Å²) >= 11 is 0. The van der Waals surface area contributed by atoms with E-state index in [4.69, 9.17) is 4.74 Å². The first-order valence-electron chi connectivity index (χ1n) is 9.75. The molecule has 154 valence electrons. The van der Waals surface area contributed by atoms with Crippen molar-refractivity contribution in [2.75, 3.05) is 13.2 Å². The number of aliphatic hydroxyl groups is 2. The van der Waals surface area contributed by atoms with Gasteiger partial charge in [-0.25, -0.2) is 9.18 Å². The zero-order valence-electron chi connectivity index (χ0n) is 16.2. The third kappa shape index (κ3) is 4.06. The maximum Gasteiger partial charge on any atom is 0.407 e. The molecule has 0 aliphatic heterocycles. The van der Waals surface area contributed by atoms with E-state index in [1.54, 1.807) is 0 Å². The van der Waals surface area contributed by atoms with Crippen LogP contribution in [0, 0.1) is 5.82 Å². The van der Waals surface area contributed by atoms with Crippen LogP contribution in [-0.2, 0) is 4.74 Å². The first-order valence-corrected chi connectivity index (χ1v) is 9.75. The first-order chi connectivity index (χ1) is 14.5. The number of carbonyl (C=O) groups excluding carboxylic acids is 1. The van der Waals surface area contributed by atoms with Crippen LogP contribution in [0.3, 0.4) is 0 Å². The van der Waals surface area contributed by atoms with Gasteiger partial charge in [-0.2, -0.15) is 0 Å². The molecule has 0 radical (unpaired) electrons. The van der Waals surface area contributed by atoms with E-state index in [0.717, 1.165) is 22.3 Å². The number of rotatable bonds is 6. The molecular weight excluding hydrogens is 385 g/mol. The van der Waals surface area contributed by atoms with Crippen LogP contribution in [0.5, 0.6) is 0 Å². The van der Waals surface area contributed by atoms with Gasteiger partial charge in [0.15, 0.2) is 0 Å². The predicted molar refractivity (Wildman–Crippen MR) is 110 cm³/mol. The molecule has 0 saturated heterocycles. The highest BCUT2D eigenvalue weighted by atomic mass is 19.1. The van der Waals surface area contributed by atoms with Crippen molar-refractivity contribution in [1.82, 2.24) is 5.32 Å². The van der Waals surface area contributed by atoms with Crippen molar-refractivity contribution >= 4 is 6.09 Å². The van der Waals surface area contributed by atoms with Crippen molar-refractivity contribution in [3.63, 3.8) is 0 Å². The zero-order valence-corrected chi connectivity index (χ0v) is 16.2. The molecule has 3 aromatic rings. The summed E-state index contributed by atoms with van der Waals surface area (Å²) < 4.78 is 18.4. The number of fused-ring (bicyclic) bond motifs is 3. The summed E-state index contributed by atoms with van der Waals surface area (Å²) in [5, 5.41) is 22.7. The average Bonchev–Trinajstić information content (AvgIpc) is 3.10. The average molecular weight is 407 g/mol. The molecule has 0 heterocycles. The molecule has 3 N–H and O–H groups in total. The number of aliphatic hydroxyl groups excluding tert-OH is 2. The number of hydrogen-bond donors (Lipinski definition) is 3. The van der Waals surface area contributed by atoms with Gasteiger partial charge >= 0.3 is 6.09 Å². The Morgan fingerprint density at radius 1 is 0.933 bits per heavy atom. The van der Waals surface area contributed by atoms with Gasteiger partial charge in [-0.05, 0) is 39.9 Å². The van der Waals surface area contributed by atoms with E-state index in [0.29, 0.717) is 5.56 Å². The van der Waals surface area contributed by atoms with Crippen molar-refractivity contribution in [2.24, 2.45) is 0 Å². The maximum atomic E-state index is 13.0. The van der Waals surface area contributed by atoms with Crippen molar-refractivity contribution in [3.05, 3.63) is 95.3 Å². The monoisotopic (exact) mass is 407 g/mol. The number of halogens is 1. The summed E-state index contributed by atoms with van der Waals surface area (Å²) in [6.07, 6.45) is -3.18. The lowest BCUT2D eigenvalue weighted by Crippen LogP contribution is -2.36. The Bertz CT molecular complexity index is 992. The molecule has 5 nitrogen and oxygen atoms in total. The van der Waals surface area contributed by atoms with Crippen molar-refractivity contribution in [3.8, 4) is 11.1 Å². The van der Waals surface area contributed by atoms with E-state index in [2.05, 4.69) is 17.4 Å². The van der Waals surface area contributed by atoms with E-state index in [1.807, 2.05) is 36.4 Å². The number of benzene rings is 3. The summed E-state index contributed by atoms with van der Waals surface area (Å²) in [6, 6.07) is 21.2. The summed E-state index contributed by atoms with van der Waals surface area (Å²) in [7, 11) is 0. The van der Waals surface area contributed by atoms with Gasteiger partial charge in [0, 0.05) is 12.5 Å². The Kier molecular flexibility index (Phi) is 5.79. The number of alkyl carbamates (subject to hydrolysis) is 1. The van der Waals surface area contributed by atoms with Crippen LogP contribution in [0.4, 0.5) is 9.18 Å². The van der Waals surface area contributed by atoms with Crippen LogP contribution in [-0.4, -0.2) is 35.6 Å². The molecule has 1 aliphatic carbocycles. The first kappa shape index (κ1) is 20.1. The van der Waals surface area contributed by atoms with E-state index >= 15 is 0 Å². The number of amides is 1. The van der Waals surface area contributed by atoms with Crippen LogP contribution in [0.25, 0.3) is 11.1 Å². The molecule has 2 atom stereocenters. The predicted octanol–water partition coefficient (Wildman–Crippen LogP) is 3.76. The normalized spacial score (nSPS) is 14.5. The van der Waals surface area contributed by atoms with Gasteiger partial charge in [-0.15, -0.1) is 0 Å². The van der Waals surface area contributed by atoms with Gasteiger partial charge < -0.3 is 20.3 Å². The van der Waals surface area contributed by atoms with Gasteiger partial charge in [-0.3, -0.25) is 0 Å². The molecule has 3 aromatic carbocycles. The number of carbonyl (C=O) groups is 1. The Balaban J connectivity index is 1.33. The van der Waals surface area contributed by atoms with E-state index in [1.165, 1.54) is 24.3 Å². The molecule has 0 aromatic heterocycles. The number of ether oxygens (including phenoxy) is 1. The number of nitrogens with one attached hydrogen (secondary N) is 1. The molecule has 6 heteroatoms. The third-order valence-corrected chi connectivity index (χ3v) is 5.38. The lowest BCUT2D eigenvalue weighted by atomic mass is 9.98. The lowest BCUT2D eigenvalue weighted by molar-refractivity contribution is 0.0185. The highest BCUT2D eigenvalue weighted by molar-refractivity contribution is 5.79.